The van der Waals surface area contributed by atoms with E-state index >= 15 is 0 Å². The lowest BCUT2D eigenvalue weighted by atomic mass is 9.96. The van der Waals surface area contributed by atoms with Crippen LogP contribution in [0.25, 0.3) is 0 Å². The maximum Gasteiger partial charge on any atom is 0.322 e. The number of benzene rings is 1. The van der Waals surface area contributed by atoms with Crippen molar-refractivity contribution in [2.45, 2.75) is 6.04 Å². The van der Waals surface area contributed by atoms with Gasteiger partial charge in [0.15, 0.2) is 0 Å². The summed E-state index contributed by atoms with van der Waals surface area (Å²) in [7, 11) is 3.08. The molecule has 1 N–H and O–H groups in total. The second kappa shape index (κ2) is 7.29. The lowest BCUT2D eigenvalue weighted by Crippen LogP contribution is -2.45. The summed E-state index contributed by atoms with van der Waals surface area (Å²) in [4.78, 5) is 41.6. The fourth-order valence-corrected chi connectivity index (χ4v) is 3.42. The molecule has 0 spiro atoms. The van der Waals surface area contributed by atoms with Crippen molar-refractivity contribution >= 4 is 29.4 Å². The third-order valence-corrected chi connectivity index (χ3v) is 5.06. The highest BCUT2D eigenvalue weighted by Gasteiger charge is 2.43. The summed E-state index contributed by atoms with van der Waals surface area (Å²) in [6, 6.07) is 7.87. The lowest BCUT2D eigenvalue weighted by Gasteiger charge is -2.31. The van der Waals surface area contributed by atoms with Crippen molar-refractivity contribution < 1.29 is 14.4 Å². The van der Waals surface area contributed by atoms with Crippen molar-refractivity contribution in [3.05, 3.63) is 46.1 Å². The summed E-state index contributed by atoms with van der Waals surface area (Å²) in [6.07, 6.45) is 0. The average molecular weight is 388 g/mol. The molecule has 2 heterocycles. The molecule has 0 fully saturated rings. The van der Waals surface area contributed by atoms with Gasteiger partial charge in [0.05, 0.1) is 29.9 Å². The molecule has 2 aliphatic rings. The van der Waals surface area contributed by atoms with E-state index in [9.17, 15) is 14.4 Å². The van der Waals surface area contributed by atoms with Crippen molar-refractivity contribution in [2.24, 2.45) is 0 Å². The van der Waals surface area contributed by atoms with Crippen molar-refractivity contribution in [1.29, 1.82) is 5.26 Å². The smallest absolute Gasteiger partial charge is 0.322 e. The molecule has 9 heteroatoms. The van der Waals surface area contributed by atoms with Crippen molar-refractivity contribution in [3.63, 3.8) is 0 Å². The zero-order valence-corrected chi connectivity index (χ0v) is 15.7. The molecule has 140 valence electrons. The summed E-state index contributed by atoms with van der Waals surface area (Å²) in [6.45, 7) is -0.0807. The maximum absolute atomic E-state index is 13.0. The Hall–Kier alpha value is -3.05. The van der Waals surface area contributed by atoms with Crippen LogP contribution in [0.3, 0.4) is 0 Å². The van der Waals surface area contributed by atoms with E-state index in [1.807, 2.05) is 6.07 Å². The molecule has 0 saturated carbocycles. The van der Waals surface area contributed by atoms with Gasteiger partial charge in [-0.25, -0.2) is 4.79 Å². The topological polar surface area (TPSA) is 96.7 Å². The molecule has 3 rings (SSSR count). The lowest BCUT2D eigenvalue weighted by molar-refractivity contribution is -0.136. The molecule has 0 aliphatic carbocycles. The largest absolute Gasteiger partial charge is 0.331 e. The number of nitriles is 1. The van der Waals surface area contributed by atoms with E-state index in [2.05, 4.69) is 5.32 Å². The van der Waals surface area contributed by atoms with Crippen LogP contribution < -0.4 is 5.32 Å². The second-order valence-corrected chi connectivity index (χ2v) is 6.80. The van der Waals surface area contributed by atoms with Crippen LogP contribution in [0.15, 0.2) is 35.5 Å². The van der Waals surface area contributed by atoms with Crippen LogP contribution in [0.4, 0.5) is 4.79 Å². The average Bonchev–Trinajstić information content (AvgIpc) is 2.96. The molecule has 0 radical (unpaired) electrons. The van der Waals surface area contributed by atoms with Crippen molar-refractivity contribution in [2.75, 3.05) is 33.7 Å². The molecule has 27 heavy (non-hydrogen) atoms. The standard InChI is InChI=1S/C18H18ClN5O3/c1-22(8-7-20)14(25)10-24-9-13-15(17(24)26)16(21-18(27)23(13)2)11-5-3-4-6-12(11)19/h3-6,16H,8-10H2,1-2H3,(H,21,27)/t16-/m0/s1. The van der Waals surface area contributed by atoms with E-state index in [4.69, 9.17) is 16.9 Å². The second-order valence-electron chi connectivity index (χ2n) is 6.39. The first-order valence-corrected chi connectivity index (χ1v) is 8.64. The molecule has 0 unspecified atom stereocenters. The Balaban J connectivity index is 1.91. The van der Waals surface area contributed by atoms with E-state index in [-0.39, 0.29) is 37.5 Å². The van der Waals surface area contributed by atoms with Crippen LogP contribution in [-0.4, -0.2) is 66.3 Å². The molecule has 0 aromatic heterocycles. The third kappa shape index (κ3) is 3.34. The molecule has 1 aromatic rings. The van der Waals surface area contributed by atoms with Gasteiger partial charge < -0.3 is 15.1 Å². The van der Waals surface area contributed by atoms with Crippen LogP contribution in [0.2, 0.25) is 5.02 Å². The number of rotatable bonds is 4. The summed E-state index contributed by atoms with van der Waals surface area (Å²) in [5.74, 6) is -0.679. The summed E-state index contributed by atoms with van der Waals surface area (Å²) < 4.78 is 0. The zero-order chi connectivity index (χ0) is 19.7. The summed E-state index contributed by atoms with van der Waals surface area (Å²) in [5, 5.41) is 12.0. The molecular formula is C18H18ClN5O3. The monoisotopic (exact) mass is 387 g/mol. The highest BCUT2D eigenvalue weighted by atomic mass is 35.5. The van der Waals surface area contributed by atoms with Gasteiger partial charge in [0.1, 0.15) is 13.1 Å². The Kier molecular flexibility index (Phi) is 5.06. The molecule has 8 nitrogen and oxygen atoms in total. The maximum atomic E-state index is 13.0. The molecule has 1 aromatic carbocycles. The van der Waals surface area contributed by atoms with E-state index in [0.717, 1.165) is 0 Å². The number of hydrogen-bond acceptors (Lipinski definition) is 4. The Bertz CT molecular complexity index is 891. The van der Waals surface area contributed by atoms with Crippen LogP contribution in [0.1, 0.15) is 11.6 Å². The Morgan fingerprint density at radius 1 is 1.41 bits per heavy atom. The fraction of sp³-hybridized carbons (Fsp3) is 0.333. The predicted octanol–water partition coefficient (Wildman–Crippen LogP) is 1.11. The quantitative estimate of drug-likeness (QED) is 0.783. The minimum Gasteiger partial charge on any atom is -0.331 e. The van der Waals surface area contributed by atoms with E-state index < -0.39 is 6.04 Å². The number of halogens is 1. The first-order valence-electron chi connectivity index (χ1n) is 8.27. The van der Waals surface area contributed by atoms with Gasteiger partial charge in [-0.2, -0.15) is 5.26 Å². The Labute approximate surface area is 161 Å². The number of carbonyl (C=O) groups excluding carboxylic acids is 3. The number of nitrogens with zero attached hydrogens (tertiary/aromatic N) is 4. The number of carbonyl (C=O) groups is 3. The van der Waals surface area contributed by atoms with Crippen LogP contribution in [0.5, 0.6) is 0 Å². The Morgan fingerprint density at radius 3 is 2.78 bits per heavy atom. The predicted molar refractivity (Wildman–Crippen MR) is 97.3 cm³/mol. The SMILES string of the molecule is CN(CC#N)C(=O)CN1CC2=C(C1=O)[C@H](c1ccccc1Cl)NC(=O)N2C. The summed E-state index contributed by atoms with van der Waals surface area (Å²) in [5.41, 5.74) is 1.57. The molecular weight excluding hydrogens is 370 g/mol. The van der Waals surface area contributed by atoms with Gasteiger partial charge in [0.2, 0.25) is 5.91 Å². The number of hydrogen-bond donors (Lipinski definition) is 1. The van der Waals surface area contributed by atoms with Crippen molar-refractivity contribution in [3.8, 4) is 6.07 Å². The minimum atomic E-state index is -0.679. The van der Waals surface area contributed by atoms with Gasteiger partial charge in [-0.1, -0.05) is 29.8 Å². The van der Waals surface area contributed by atoms with Crippen LogP contribution in [-0.2, 0) is 9.59 Å². The van der Waals surface area contributed by atoms with E-state index in [1.165, 1.54) is 21.7 Å². The molecule has 2 aliphatic heterocycles. The van der Waals surface area contributed by atoms with E-state index in [1.54, 1.807) is 31.3 Å². The van der Waals surface area contributed by atoms with Gasteiger partial charge in [-0.05, 0) is 11.6 Å². The number of amides is 4. The van der Waals surface area contributed by atoms with Gasteiger partial charge in [-0.3, -0.25) is 14.5 Å². The molecule has 0 bridgehead atoms. The Morgan fingerprint density at radius 2 is 2.11 bits per heavy atom. The first kappa shape index (κ1) is 18.7. The molecule has 1 atom stereocenters. The third-order valence-electron chi connectivity index (χ3n) is 4.71. The normalized spacial score (nSPS) is 19.0. The van der Waals surface area contributed by atoms with Gasteiger partial charge in [-0.15, -0.1) is 0 Å². The van der Waals surface area contributed by atoms with Crippen molar-refractivity contribution in [1.82, 2.24) is 20.0 Å². The number of likely N-dealkylation sites (N-methyl/N-ethyl adjacent to an activating group) is 2. The van der Waals surface area contributed by atoms with Gasteiger partial charge in [0, 0.05) is 19.1 Å². The van der Waals surface area contributed by atoms with Crippen LogP contribution in [0, 0.1) is 11.3 Å². The first-order chi connectivity index (χ1) is 12.8. The molecule has 4 amide bonds. The summed E-state index contributed by atoms with van der Waals surface area (Å²) >= 11 is 6.27. The minimum absolute atomic E-state index is 0.0593. The number of nitrogens with one attached hydrogen (secondary N) is 1. The molecule has 0 saturated heterocycles. The van der Waals surface area contributed by atoms with E-state index in [0.29, 0.717) is 21.9 Å². The zero-order valence-electron chi connectivity index (χ0n) is 14.9. The van der Waals surface area contributed by atoms with Crippen LogP contribution >= 0.6 is 11.6 Å². The highest BCUT2D eigenvalue weighted by molar-refractivity contribution is 6.31. The fourth-order valence-electron chi connectivity index (χ4n) is 3.17. The number of urea groups is 1. The van der Waals surface area contributed by atoms with Gasteiger partial charge in [0.25, 0.3) is 5.91 Å². The van der Waals surface area contributed by atoms with Gasteiger partial charge >= 0.3 is 6.03 Å². The highest BCUT2D eigenvalue weighted by Crippen LogP contribution is 2.37.